The van der Waals surface area contributed by atoms with Gasteiger partial charge >= 0.3 is 5.97 Å². The van der Waals surface area contributed by atoms with Gasteiger partial charge in [-0.05, 0) is 43.2 Å². The van der Waals surface area contributed by atoms with Crippen molar-refractivity contribution in [2.45, 2.75) is 24.7 Å². The van der Waals surface area contributed by atoms with Crippen LogP contribution in [0.3, 0.4) is 0 Å². The average Bonchev–Trinajstić information content (AvgIpc) is 2.61. The number of para-hydroxylation sites is 1. The van der Waals surface area contributed by atoms with E-state index in [1.54, 1.807) is 31.4 Å². The van der Waals surface area contributed by atoms with Crippen molar-refractivity contribution in [1.29, 1.82) is 0 Å². The third-order valence-corrected chi connectivity index (χ3v) is 4.83. The Morgan fingerprint density at radius 3 is 2.24 bits per heavy atom. The van der Waals surface area contributed by atoms with Crippen LogP contribution in [0.5, 0.6) is 5.75 Å². The number of anilines is 1. The predicted molar refractivity (Wildman–Crippen MR) is 94.9 cm³/mol. The third-order valence-electron chi connectivity index (χ3n) is 4.83. The summed E-state index contributed by atoms with van der Waals surface area (Å²) in [6.07, 6.45) is 2.59. The molecule has 1 fully saturated rings. The summed E-state index contributed by atoms with van der Waals surface area (Å²) >= 11 is 0. The number of carbonyl (C=O) groups is 2. The average molecular weight is 339 g/mol. The maximum atomic E-state index is 13.0. The molecule has 0 radical (unpaired) electrons. The number of ether oxygens (including phenoxy) is 2. The van der Waals surface area contributed by atoms with Crippen molar-refractivity contribution in [3.8, 4) is 5.75 Å². The lowest BCUT2D eigenvalue weighted by molar-refractivity contribution is -0.124. The van der Waals surface area contributed by atoms with Gasteiger partial charge in [0.05, 0.1) is 25.2 Å². The molecule has 0 aromatic heterocycles. The van der Waals surface area contributed by atoms with E-state index in [9.17, 15) is 9.59 Å². The van der Waals surface area contributed by atoms with Crippen LogP contribution in [-0.4, -0.2) is 26.1 Å². The molecule has 5 heteroatoms. The lowest BCUT2D eigenvalue weighted by Crippen LogP contribution is -2.46. The smallest absolute Gasteiger partial charge is 0.337 e. The van der Waals surface area contributed by atoms with Crippen LogP contribution in [0.2, 0.25) is 0 Å². The molecule has 0 spiro atoms. The number of rotatable bonds is 5. The predicted octanol–water partition coefficient (Wildman–Crippen LogP) is 3.54. The molecule has 0 atom stereocenters. The van der Waals surface area contributed by atoms with Crippen molar-refractivity contribution in [3.05, 3.63) is 59.7 Å². The van der Waals surface area contributed by atoms with Crippen LogP contribution in [0.15, 0.2) is 48.5 Å². The van der Waals surface area contributed by atoms with E-state index < -0.39 is 11.4 Å². The Hall–Kier alpha value is -2.82. The highest BCUT2D eigenvalue weighted by Gasteiger charge is 2.47. The first-order valence-corrected chi connectivity index (χ1v) is 8.24. The Morgan fingerprint density at radius 2 is 1.68 bits per heavy atom. The number of benzene rings is 2. The van der Waals surface area contributed by atoms with Gasteiger partial charge in [0.2, 0.25) is 5.91 Å². The summed E-state index contributed by atoms with van der Waals surface area (Å²) in [5.41, 5.74) is 1.46. The van der Waals surface area contributed by atoms with E-state index >= 15 is 0 Å². The van der Waals surface area contributed by atoms with Gasteiger partial charge in [-0.25, -0.2) is 4.79 Å². The fraction of sp³-hybridized carbons (Fsp3) is 0.300. The second-order valence-corrected chi connectivity index (χ2v) is 6.16. The van der Waals surface area contributed by atoms with Crippen molar-refractivity contribution < 1.29 is 19.1 Å². The number of amides is 1. The van der Waals surface area contributed by atoms with E-state index in [4.69, 9.17) is 4.74 Å². The minimum absolute atomic E-state index is 0.0472. The summed E-state index contributed by atoms with van der Waals surface area (Å²) in [7, 11) is 2.96. The molecule has 1 N–H and O–H groups in total. The van der Waals surface area contributed by atoms with Crippen LogP contribution in [-0.2, 0) is 14.9 Å². The Morgan fingerprint density at radius 1 is 1.00 bits per heavy atom. The van der Waals surface area contributed by atoms with E-state index in [0.29, 0.717) is 11.3 Å². The molecule has 0 heterocycles. The number of methoxy groups -OCH3 is 2. The minimum Gasteiger partial charge on any atom is -0.496 e. The third kappa shape index (κ3) is 3.09. The number of hydrogen-bond donors (Lipinski definition) is 1. The van der Waals surface area contributed by atoms with Crippen LogP contribution >= 0.6 is 0 Å². The van der Waals surface area contributed by atoms with Gasteiger partial charge in [-0.1, -0.05) is 24.6 Å². The summed E-state index contributed by atoms with van der Waals surface area (Å²) in [5.74, 6) is 0.287. The molecule has 130 valence electrons. The van der Waals surface area contributed by atoms with Crippen LogP contribution in [0.25, 0.3) is 0 Å². The van der Waals surface area contributed by atoms with Crippen LogP contribution in [0.4, 0.5) is 5.69 Å². The van der Waals surface area contributed by atoms with E-state index in [-0.39, 0.29) is 5.91 Å². The fourth-order valence-electron chi connectivity index (χ4n) is 3.25. The zero-order valence-corrected chi connectivity index (χ0v) is 14.4. The summed E-state index contributed by atoms with van der Waals surface area (Å²) < 4.78 is 10.1. The first-order chi connectivity index (χ1) is 12.1. The Balaban J connectivity index is 1.82. The lowest BCUT2D eigenvalue weighted by atomic mass is 9.63. The highest BCUT2D eigenvalue weighted by Crippen LogP contribution is 2.47. The van der Waals surface area contributed by atoms with E-state index in [2.05, 4.69) is 10.1 Å². The highest BCUT2D eigenvalue weighted by molar-refractivity contribution is 6.00. The van der Waals surface area contributed by atoms with Gasteiger partial charge < -0.3 is 14.8 Å². The zero-order chi connectivity index (χ0) is 17.9. The molecule has 0 bridgehead atoms. The van der Waals surface area contributed by atoms with Crippen LogP contribution in [0, 0.1) is 0 Å². The van der Waals surface area contributed by atoms with E-state index in [1.807, 2.05) is 24.3 Å². The minimum atomic E-state index is -0.562. The number of nitrogens with one attached hydrogen (secondary N) is 1. The fourth-order valence-corrected chi connectivity index (χ4v) is 3.25. The highest BCUT2D eigenvalue weighted by atomic mass is 16.5. The molecule has 0 saturated heterocycles. The molecule has 1 amide bonds. The van der Waals surface area contributed by atoms with Crippen molar-refractivity contribution in [2.75, 3.05) is 19.5 Å². The SMILES string of the molecule is COC(=O)c1ccc(NC(=O)C2(c3ccccc3OC)CCC2)cc1. The normalized spacial score (nSPS) is 15.0. The van der Waals surface area contributed by atoms with Gasteiger partial charge in [0.25, 0.3) is 0 Å². The molecular formula is C20H21NO4. The second-order valence-electron chi connectivity index (χ2n) is 6.16. The monoisotopic (exact) mass is 339 g/mol. The largest absolute Gasteiger partial charge is 0.496 e. The van der Waals surface area contributed by atoms with Crippen LogP contribution in [0.1, 0.15) is 35.2 Å². The maximum Gasteiger partial charge on any atom is 0.337 e. The van der Waals surface area contributed by atoms with Crippen LogP contribution < -0.4 is 10.1 Å². The van der Waals surface area contributed by atoms with Crippen molar-refractivity contribution in [2.24, 2.45) is 0 Å². The van der Waals surface area contributed by atoms with Gasteiger partial charge in [-0.15, -0.1) is 0 Å². The Kier molecular flexibility index (Phi) is 4.74. The van der Waals surface area contributed by atoms with Gasteiger partial charge in [0, 0.05) is 11.3 Å². The standard InChI is InChI=1S/C20H21NO4/c1-24-17-7-4-3-6-16(17)20(12-5-13-20)19(23)21-15-10-8-14(9-11-15)18(22)25-2/h3-4,6-11H,5,12-13H2,1-2H3,(H,21,23). The number of esters is 1. The zero-order valence-electron chi connectivity index (χ0n) is 14.4. The summed E-state index contributed by atoms with van der Waals surface area (Å²) in [4.78, 5) is 24.5. The van der Waals surface area contributed by atoms with Gasteiger partial charge in [-0.2, -0.15) is 0 Å². The number of hydrogen-bond acceptors (Lipinski definition) is 4. The number of carbonyl (C=O) groups excluding carboxylic acids is 2. The first kappa shape index (κ1) is 17.0. The van der Waals surface area contributed by atoms with Crippen molar-refractivity contribution in [3.63, 3.8) is 0 Å². The summed E-state index contributed by atoms with van der Waals surface area (Å²) in [6, 6.07) is 14.4. The molecule has 0 unspecified atom stereocenters. The first-order valence-electron chi connectivity index (χ1n) is 8.24. The van der Waals surface area contributed by atoms with Crippen molar-refractivity contribution in [1.82, 2.24) is 0 Å². The molecule has 2 aromatic carbocycles. The molecule has 5 nitrogen and oxygen atoms in total. The molecule has 1 aliphatic carbocycles. The molecule has 0 aliphatic heterocycles. The van der Waals surface area contributed by atoms with Crippen molar-refractivity contribution >= 4 is 17.6 Å². The Labute approximate surface area is 147 Å². The molecule has 2 aromatic rings. The van der Waals surface area contributed by atoms with E-state index in [0.717, 1.165) is 30.6 Å². The maximum absolute atomic E-state index is 13.0. The van der Waals surface area contributed by atoms with Gasteiger partial charge in [0.15, 0.2) is 0 Å². The van der Waals surface area contributed by atoms with Gasteiger partial charge in [-0.3, -0.25) is 4.79 Å². The van der Waals surface area contributed by atoms with Gasteiger partial charge in [0.1, 0.15) is 5.75 Å². The Bertz CT molecular complexity index is 779. The summed E-state index contributed by atoms with van der Waals surface area (Å²) in [5, 5.41) is 2.97. The molecular weight excluding hydrogens is 318 g/mol. The summed E-state index contributed by atoms with van der Waals surface area (Å²) in [6.45, 7) is 0. The van der Waals surface area contributed by atoms with E-state index in [1.165, 1.54) is 7.11 Å². The molecule has 3 rings (SSSR count). The quantitative estimate of drug-likeness (QED) is 0.846. The lowest BCUT2D eigenvalue weighted by Gasteiger charge is -2.41. The topological polar surface area (TPSA) is 64.6 Å². The molecule has 1 aliphatic rings. The second kappa shape index (κ2) is 6.97. The molecule has 25 heavy (non-hydrogen) atoms. The molecule has 1 saturated carbocycles.